The quantitative estimate of drug-likeness (QED) is 0.414. The Balaban J connectivity index is 2.60. The summed E-state index contributed by atoms with van der Waals surface area (Å²) < 4.78 is 0. The van der Waals surface area contributed by atoms with Crippen molar-refractivity contribution < 1.29 is 5.11 Å². The Kier molecular flexibility index (Phi) is 7.77. The van der Waals surface area contributed by atoms with Crippen LogP contribution < -0.4 is 10.6 Å². The second-order valence-electron chi connectivity index (χ2n) is 1.93. The van der Waals surface area contributed by atoms with Crippen LogP contribution in [0.1, 0.15) is 6.42 Å². The molecule has 0 bridgehead atoms. The Morgan fingerprint density at radius 2 is 2.00 bits per heavy atom. The first kappa shape index (κ1) is 8.88. The summed E-state index contributed by atoms with van der Waals surface area (Å²) in [4.78, 5) is 0. The lowest BCUT2D eigenvalue weighted by molar-refractivity contribution is 0.286. The average molecular weight is 132 g/mol. The number of rotatable bonds is 6. The van der Waals surface area contributed by atoms with Crippen LogP contribution in [-0.4, -0.2) is 38.4 Å². The van der Waals surface area contributed by atoms with Crippen LogP contribution in [-0.2, 0) is 0 Å². The summed E-state index contributed by atoms with van der Waals surface area (Å²) >= 11 is 0. The van der Waals surface area contributed by atoms with Gasteiger partial charge in [-0.25, -0.2) is 0 Å². The second-order valence-corrected chi connectivity index (χ2v) is 1.93. The summed E-state index contributed by atoms with van der Waals surface area (Å²) in [6.45, 7) is 3.17. The van der Waals surface area contributed by atoms with Crippen molar-refractivity contribution in [2.75, 3.05) is 33.3 Å². The smallest absolute Gasteiger partial charge is 0.0443 e. The molecule has 0 aromatic carbocycles. The molecule has 0 amide bonds. The van der Waals surface area contributed by atoms with Crippen molar-refractivity contribution in [3.05, 3.63) is 0 Å². The van der Waals surface area contributed by atoms with Crippen LogP contribution in [0.15, 0.2) is 0 Å². The largest absolute Gasteiger partial charge is 0.396 e. The van der Waals surface area contributed by atoms with E-state index in [1.807, 2.05) is 7.05 Å². The SMILES string of the molecule is CNCCNCCCO. The normalized spacial score (nSPS) is 10.0. The van der Waals surface area contributed by atoms with E-state index in [2.05, 4.69) is 10.6 Å². The number of aliphatic hydroxyl groups is 1. The molecule has 0 atom stereocenters. The standard InChI is InChI=1S/C6H16N2O/c1-7-4-5-8-3-2-6-9/h7-9H,2-6H2,1H3. The molecule has 0 radical (unpaired) electrons. The Morgan fingerprint density at radius 3 is 2.56 bits per heavy atom. The van der Waals surface area contributed by atoms with Gasteiger partial charge < -0.3 is 15.7 Å². The van der Waals surface area contributed by atoms with Crippen molar-refractivity contribution in [2.24, 2.45) is 0 Å². The molecule has 0 saturated carbocycles. The summed E-state index contributed by atoms with van der Waals surface area (Å²) in [7, 11) is 1.92. The van der Waals surface area contributed by atoms with E-state index >= 15 is 0 Å². The van der Waals surface area contributed by atoms with Crippen molar-refractivity contribution in [3.63, 3.8) is 0 Å². The maximum absolute atomic E-state index is 8.37. The first-order chi connectivity index (χ1) is 4.41. The van der Waals surface area contributed by atoms with Crippen LogP contribution in [0.2, 0.25) is 0 Å². The molecule has 3 heteroatoms. The van der Waals surface area contributed by atoms with E-state index in [0.717, 1.165) is 26.1 Å². The minimum Gasteiger partial charge on any atom is -0.396 e. The fraction of sp³-hybridized carbons (Fsp3) is 1.00. The monoisotopic (exact) mass is 132 g/mol. The van der Waals surface area contributed by atoms with Gasteiger partial charge in [-0.2, -0.15) is 0 Å². The van der Waals surface area contributed by atoms with E-state index < -0.39 is 0 Å². The second kappa shape index (κ2) is 7.88. The van der Waals surface area contributed by atoms with Gasteiger partial charge in [0, 0.05) is 19.7 Å². The van der Waals surface area contributed by atoms with Gasteiger partial charge in [0.1, 0.15) is 0 Å². The topological polar surface area (TPSA) is 44.3 Å². The van der Waals surface area contributed by atoms with Crippen LogP contribution in [0.5, 0.6) is 0 Å². The van der Waals surface area contributed by atoms with Gasteiger partial charge in [-0.15, -0.1) is 0 Å². The van der Waals surface area contributed by atoms with Crippen molar-refractivity contribution in [1.29, 1.82) is 0 Å². The van der Waals surface area contributed by atoms with E-state index in [9.17, 15) is 0 Å². The van der Waals surface area contributed by atoms with Gasteiger partial charge in [0.25, 0.3) is 0 Å². The Labute approximate surface area is 56.5 Å². The van der Waals surface area contributed by atoms with Gasteiger partial charge in [0.05, 0.1) is 0 Å². The highest BCUT2D eigenvalue weighted by Gasteiger charge is 1.83. The molecule has 0 heterocycles. The van der Waals surface area contributed by atoms with E-state index in [1.54, 1.807) is 0 Å². The van der Waals surface area contributed by atoms with E-state index in [0.29, 0.717) is 0 Å². The molecule has 0 rings (SSSR count). The Morgan fingerprint density at radius 1 is 1.22 bits per heavy atom. The highest BCUT2D eigenvalue weighted by molar-refractivity contribution is 4.47. The average Bonchev–Trinajstić information content (AvgIpc) is 1.89. The van der Waals surface area contributed by atoms with Gasteiger partial charge in [0.15, 0.2) is 0 Å². The van der Waals surface area contributed by atoms with Gasteiger partial charge in [0.2, 0.25) is 0 Å². The molecule has 9 heavy (non-hydrogen) atoms. The molecule has 3 N–H and O–H groups in total. The zero-order valence-corrected chi connectivity index (χ0v) is 5.98. The van der Waals surface area contributed by atoms with E-state index in [-0.39, 0.29) is 6.61 Å². The zero-order chi connectivity index (χ0) is 6.95. The molecule has 56 valence electrons. The predicted molar refractivity (Wildman–Crippen MR) is 38.5 cm³/mol. The minimum atomic E-state index is 0.284. The molecule has 0 fully saturated rings. The summed E-state index contributed by atoms with van der Waals surface area (Å²) in [6.07, 6.45) is 0.851. The number of nitrogens with one attached hydrogen (secondary N) is 2. The van der Waals surface area contributed by atoms with Crippen LogP contribution in [0, 0.1) is 0 Å². The number of aliphatic hydroxyl groups excluding tert-OH is 1. The van der Waals surface area contributed by atoms with Crippen LogP contribution in [0.25, 0.3) is 0 Å². The van der Waals surface area contributed by atoms with Crippen LogP contribution in [0.4, 0.5) is 0 Å². The molecular weight excluding hydrogens is 116 g/mol. The first-order valence-electron chi connectivity index (χ1n) is 3.38. The van der Waals surface area contributed by atoms with Crippen LogP contribution in [0.3, 0.4) is 0 Å². The molecule has 3 nitrogen and oxygen atoms in total. The third-order valence-electron chi connectivity index (χ3n) is 1.06. The lowest BCUT2D eigenvalue weighted by Gasteiger charge is -2.00. The highest BCUT2D eigenvalue weighted by Crippen LogP contribution is 1.69. The number of likely N-dealkylation sites (N-methyl/N-ethyl adjacent to an activating group) is 1. The molecule has 0 aliphatic carbocycles. The Hall–Kier alpha value is -0.120. The van der Waals surface area contributed by atoms with Crippen LogP contribution >= 0.6 is 0 Å². The molecule has 0 saturated heterocycles. The van der Waals surface area contributed by atoms with Gasteiger partial charge in [-0.05, 0) is 20.0 Å². The highest BCUT2D eigenvalue weighted by atomic mass is 16.3. The van der Waals surface area contributed by atoms with Crippen molar-refractivity contribution in [1.82, 2.24) is 10.6 Å². The first-order valence-corrected chi connectivity index (χ1v) is 3.38. The van der Waals surface area contributed by atoms with E-state index in [1.165, 1.54) is 0 Å². The zero-order valence-electron chi connectivity index (χ0n) is 5.98. The molecule has 0 aliphatic rings. The molecule has 0 spiro atoms. The summed E-state index contributed by atoms with van der Waals surface area (Å²) in [5.74, 6) is 0. The third-order valence-corrected chi connectivity index (χ3v) is 1.06. The molecule has 0 aromatic rings. The number of hydrogen-bond acceptors (Lipinski definition) is 3. The maximum atomic E-state index is 8.37. The lowest BCUT2D eigenvalue weighted by Crippen LogP contribution is -2.25. The third kappa shape index (κ3) is 7.88. The van der Waals surface area contributed by atoms with Crippen molar-refractivity contribution in [3.8, 4) is 0 Å². The Bertz CT molecular complexity index is 44.3. The fourth-order valence-corrected chi connectivity index (χ4v) is 0.542. The van der Waals surface area contributed by atoms with E-state index in [4.69, 9.17) is 5.11 Å². The van der Waals surface area contributed by atoms with Gasteiger partial charge >= 0.3 is 0 Å². The van der Waals surface area contributed by atoms with Gasteiger partial charge in [-0.3, -0.25) is 0 Å². The molecule has 0 aliphatic heterocycles. The minimum absolute atomic E-state index is 0.284. The van der Waals surface area contributed by atoms with Crippen molar-refractivity contribution >= 4 is 0 Å². The number of hydrogen-bond donors (Lipinski definition) is 3. The maximum Gasteiger partial charge on any atom is 0.0443 e. The lowest BCUT2D eigenvalue weighted by atomic mass is 10.4. The molecule has 0 unspecified atom stereocenters. The fourth-order valence-electron chi connectivity index (χ4n) is 0.542. The predicted octanol–water partition coefficient (Wildman–Crippen LogP) is -0.822. The molecular formula is C6H16N2O. The van der Waals surface area contributed by atoms with Crippen molar-refractivity contribution in [2.45, 2.75) is 6.42 Å². The summed E-state index contributed by atoms with van der Waals surface area (Å²) in [6, 6.07) is 0. The van der Waals surface area contributed by atoms with Gasteiger partial charge in [-0.1, -0.05) is 0 Å². The summed E-state index contributed by atoms with van der Waals surface area (Å²) in [5.41, 5.74) is 0. The summed E-state index contributed by atoms with van der Waals surface area (Å²) in [5, 5.41) is 14.6. The molecule has 0 aromatic heterocycles.